The summed E-state index contributed by atoms with van der Waals surface area (Å²) in [5, 5.41) is 3.04. The summed E-state index contributed by atoms with van der Waals surface area (Å²) in [4.78, 5) is 12.7. The number of rotatable bonds is 7. The van der Waals surface area contributed by atoms with Gasteiger partial charge in [-0.1, -0.05) is 13.8 Å². The minimum absolute atomic E-state index is 0.0386. The molecule has 1 aliphatic rings. The van der Waals surface area contributed by atoms with Gasteiger partial charge in [0.25, 0.3) is 0 Å². The SMILES string of the molecule is CCC(CC)NC(=O)[C@@H]1CCCN(S(=O)(=O)c2ccc(OC)cc2)C1. The van der Waals surface area contributed by atoms with Crippen LogP contribution < -0.4 is 10.1 Å². The number of carbonyl (C=O) groups excluding carboxylic acids is 1. The quantitative estimate of drug-likeness (QED) is 0.802. The Labute approximate surface area is 150 Å². The first-order valence-corrected chi connectivity index (χ1v) is 10.3. The number of ether oxygens (including phenoxy) is 1. The van der Waals surface area contributed by atoms with Gasteiger partial charge < -0.3 is 10.1 Å². The molecule has 140 valence electrons. The average Bonchev–Trinajstić information content (AvgIpc) is 2.66. The molecule has 6 nitrogen and oxygen atoms in total. The number of hydrogen-bond donors (Lipinski definition) is 1. The fourth-order valence-corrected chi connectivity index (χ4v) is 4.61. The van der Waals surface area contributed by atoms with Crippen LogP contribution in [0.2, 0.25) is 0 Å². The first-order chi connectivity index (χ1) is 11.9. The second-order valence-electron chi connectivity index (χ2n) is 6.40. The molecular formula is C18H28N2O4S. The Hall–Kier alpha value is -1.60. The molecule has 1 atom stereocenters. The number of sulfonamides is 1. The lowest BCUT2D eigenvalue weighted by molar-refractivity contribution is -0.126. The van der Waals surface area contributed by atoms with Crippen molar-refractivity contribution in [1.82, 2.24) is 9.62 Å². The molecule has 0 bridgehead atoms. The summed E-state index contributed by atoms with van der Waals surface area (Å²) in [6.45, 7) is 4.76. The van der Waals surface area contributed by atoms with Crippen LogP contribution in [0.5, 0.6) is 5.75 Å². The first kappa shape index (κ1) is 19.7. The van der Waals surface area contributed by atoms with Gasteiger partial charge in [-0.3, -0.25) is 4.79 Å². The summed E-state index contributed by atoms with van der Waals surface area (Å²) in [6.07, 6.45) is 3.17. The van der Waals surface area contributed by atoms with E-state index in [1.165, 1.54) is 11.4 Å². The van der Waals surface area contributed by atoms with E-state index in [1.807, 2.05) is 13.8 Å². The number of methoxy groups -OCH3 is 1. The molecule has 0 spiro atoms. The van der Waals surface area contributed by atoms with Crippen LogP contribution in [0.1, 0.15) is 39.5 Å². The fraction of sp³-hybridized carbons (Fsp3) is 0.611. The highest BCUT2D eigenvalue weighted by molar-refractivity contribution is 7.89. The number of nitrogens with zero attached hydrogens (tertiary/aromatic N) is 1. The minimum atomic E-state index is -3.60. The van der Waals surface area contributed by atoms with E-state index in [1.54, 1.807) is 24.3 Å². The Morgan fingerprint density at radius 3 is 2.48 bits per heavy atom. The third-order valence-electron chi connectivity index (χ3n) is 4.78. The molecule has 0 aliphatic carbocycles. The van der Waals surface area contributed by atoms with Crippen molar-refractivity contribution in [1.29, 1.82) is 0 Å². The van der Waals surface area contributed by atoms with Crippen molar-refractivity contribution in [3.63, 3.8) is 0 Å². The van der Waals surface area contributed by atoms with Gasteiger partial charge in [0.1, 0.15) is 5.75 Å². The summed E-state index contributed by atoms with van der Waals surface area (Å²) in [5.74, 6) is 0.283. The zero-order valence-corrected chi connectivity index (χ0v) is 16.0. The lowest BCUT2D eigenvalue weighted by atomic mass is 9.98. The van der Waals surface area contributed by atoms with Gasteiger partial charge in [-0.05, 0) is 49.9 Å². The van der Waals surface area contributed by atoms with E-state index in [2.05, 4.69) is 5.32 Å². The van der Waals surface area contributed by atoms with Crippen molar-refractivity contribution in [3.8, 4) is 5.75 Å². The number of piperidine rings is 1. The first-order valence-electron chi connectivity index (χ1n) is 8.86. The van der Waals surface area contributed by atoms with E-state index in [0.29, 0.717) is 18.7 Å². The maximum atomic E-state index is 12.8. The van der Waals surface area contributed by atoms with Crippen LogP contribution in [-0.2, 0) is 14.8 Å². The van der Waals surface area contributed by atoms with Crippen LogP contribution in [0.25, 0.3) is 0 Å². The van der Waals surface area contributed by atoms with Gasteiger partial charge in [-0.15, -0.1) is 0 Å². The molecule has 1 fully saturated rings. The molecule has 0 unspecified atom stereocenters. The predicted octanol–water partition coefficient (Wildman–Crippen LogP) is 2.40. The molecule has 0 aromatic heterocycles. The predicted molar refractivity (Wildman–Crippen MR) is 97.0 cm³/mol. The maximum absolute atomic E-state index is 12.8. The number of hydrogen-bond acceptors (Lipinski definition) is 4. The maximum Gasteiger partial charge on any atom is 0.243 e. The highest BCUT2D eigenvalue weighted by Crippen LogP contribution is 2.25. The van der Waals surface area contributed by atoms with Crippen molar-refractivity contribution in [2.45, 2.75) is 50.5 Å². The smallest absolute Gasteiger partial charge is 0.243 e. The topological polar surface area (TPSA) is 75.7 Å². The molecule has 1 saturated heterocycles. The monoisotopic (exact) mass is 368 g/mol. The number of amides is 1. The number of nitrogens with one attached hydrogen (secondary N) is 1. The molecule has 7 heteroatoms. The molecular weight excluding hydrogens is 340 g/mol. The van der Waals surface area contributed by atoms with Crippen molar-refractivity contribution in [2.75, 3.05) is 20.2 Å². The molecule has 2 rings (SSSR count). The standard InChI is InChI=1S/C18H28N2O4S/c1-4-15(5-2)19-18(21)14-7-6-12-20(13-14)25(22,23)17-10-8-16(24-3)9-11-17/h8-11,14-15H,4-7,12-13H2,1-3H3,(H,19,21)/t14-/m1/s1. The van der Waals surface area contributed by atoms with E-state index in [-0.39, 0.29) is 29.3 Å². The van der Waals surface area contributed by atoms with Crippen LogP contribution in [0.4, 0.5) is 0 Å². The van der Waals surface area contributed by atoms with Crippen molar-refractivity contribution >= 4 is 15.9 Å². The largest absolute Gasteiger partial charge is 0.497 e. The van der Waals surface area contributed by atoms with Gasteiger partial charge >= 0.3 is 0 Å². The van der Waals surface area contributed by atoms with Gasteiger partial charge in [0.05, 0.1) is 17.9 Å². The van der Waals surface area contributed by atoms with Crippen LogP contribution in [-0.4, -0.2) is 44.9 Å². The Kier molecular flexibility index (Phi) is 6.84. The third kappa shape index (κ3) is 4.73. The lowest BCUT2D eigenvalue weighted by Crippen LogP contribution is -2.47. The van der Waals surface area contributed by atoms with Crippen LogP contribution in [0.15, 0.2) is 29.2 Å². The Balaban J connectivity index is 2.09. The minimum Gasteiger partial charge on any atom is -0.497 e. The van der Waals surface area contributed by atoms with E-state index in [4.69, 9.17) is 4.74 Å². The highest BCUT2D eigenvalue weighted by atomic mass is 32.2. The summed E-state index contributed by atoms with van der Waals surface area (Å²) in [6, 6.07) is 6.51. The summed E-state index contributed by atoms with van der Waals surface area (Å²) in [7, 11) is -2.06. The second-order valence-corrected chi connectivity index (χ2v) is 8.34. The fourth-order valence-electron chi connectivity index (χ4n) is 3.08. The number of benzene rings is 1. The Morgan fingerprint density at radius 2 is 1.92 bits per heavy atom. The molecule has 1 N–H and O–H groups in total. The van der Waals surface area contributed by atoms with E-state index < -0.39 is 10.0 Å². The van der Waals surface area contributed by atoms with E-state index >= 15 is 0 Å². The number of carbonyl (C=O) groups is 1. The van der Waals surface area contributed by atoms with Crippen LogP contribution in [0.3, 0.4) is 0 Å². The molecule has 1 aromatic rings. The van der Waals surface area contributed by atoms with Gasteiger partial charge in [-0.25, -0.2) is 8.42 Å². The molecule has 1 amide bonds. The second kappa shape index (κ2) is 8.67. The highest BCUT2D eigenvalue weighted by Gasteiger charge is 2.33. The van der Waals surface area contributed by atoms with Crippen molar-refractivity contribution in [2.24, 2.45) is 5.92 Å². The normalized spacial score (nSPS) is 19.0. The molecule has 1 aliphatic heterocycles. The molecule has 0 radical (unpaired) electrons. The van der Waals surface area contributed by atoms with Gasteiger partial charge in [0.2, 0.25) is 15.9 Å². The summed E-state index contributed by atoms with van der Waals surface area (Å²) >= 11 is 0. The lowest BCUT2D eigenvalue weighted by Gasteiger charge is -2.32. The molecule has 1 aromatic carbocycles. The van der Waals surface area contributed by atoms with Crippen LogP contribution in [0, 0.1) is 5.92 Å². The van der Waals surface area contributed by atoms with Crippen LogP contribution >= 0.6 is 0 Å². The van der Waals surface area contributed by atoms with Gasteiger partial charge in [-0.2, -0.15) is 4.31 Å². The molecule has 0 saturated carbocycles. The third-order valence-corrected chi connectivity index (χ3v) is 6.66. The van der Waals surface area contributed by atoms with E-state index in [0.717, 1.165) is 19.3 Å². The summed E-state index contributed by atoms with van der Waals surface area (Å²) in [5.41, 5.74) is 0. The van der Waals surface area contributed by atoms with Crippen molar-refractivity contribution in [3.05, 3.63) is 24.3 Å². The van der Waals surface area contributed by atoms with E-state index in [9.17, 15) is 13.2 Å². The zero-order valence-electron chi connectivity index (χ0n) is 15.2. The zero-order chi connectivity index (χ0) is 18.4. The summed E-state index contributed by atoms with van der Waals surface area (Å²) < 4.78 is 32.2. The van der Waals surface area contributed by atoms with Gasteiger partial charge in [0, 0.05) is 19.1 Å². The van der Waals surface area contributed by atoms with Gasteiger partial charge in [0.15, 0.2) is 0 Å². The van der Waals surface area contributed by atoms with Crippen molar-refractivity contribution < 1.29 is 17.9 Å². The Bertz CT molecular complexity index is 669. The molecule has 1 heterocycles. The Morgan fingerprint density at radius 1 is 1.28 bits per heavy atom. The average molecular weight is 368 g/mol. The molecule has 25 heavy (non-hydrogen) atoms.